The summed E-state index contributed by atoms with van der Waals surface area (Å²) in [6.07, 6.45) is 2.94. The van der Waals surface area contributed by atoms with Crippen LogP contribution in [0.15, 0.2) is 0 Å². The Kier molecular flexibility index (Phi) is 3.69. The third-order valence-electron chi connectivity index (χ3n) is 2.34. The van der Waals surface area contributed by atoms with Gasteiger partial charge in [-0.2, -0.15) is 0 Å². The summed E-state index contributed by atoms with van der Waals surface area (Å²) in [5.41, 5.74) is 0.567. The number of rotatable bonds is 4. The van der Waals surface area contributed by atoms with Crippen molar-refractivity contribution in [3.63, 3.8) is 0 Å². The molecule has 0 radical (unpaired) electrons. The summed E-state index contributed by atoms with van der Waals surface area (Å²) in [5.74, 6) is 0. The molecule has 0 fully saturated rings. The summed E-state index contributed by atoms with van der Waals surface area (Å²) < 4.78 is 0. The molecule has 0 atom stereocenters. The molecule has 0 aromatic heterocycles. The van der Waals surface area contributed by atoms with E-state index in [9.17, 15) is 0 Å². The number of aliphatic hydroxyl groups excluding tert-OH is 1. The Balaban J connectivity index is 3.92. The summed E-state index contributed by atoms with van der Waals surface area (Å²) in [5, 5.41) is 8.96. The third kappa shape index (κ3) is 3.04. The standard InChI is InChI=1S/C8H17BO/c1-4-8(3,5-2)6-7(9)10/h9-10H,4-6H2,1-3H3. The quantitative estimate of drug-likeness (QED) is 0.588. The van der Waals surface area contributed by atoms with E-state index in [0.717, 1.165) is 19.3 Å². The molecule has 58 valence electrons. The second kappa shape index (κ2) is 3.79. The minimum atomic E-state index is 0.256. The van der Waals surface area contributed by atoms with Gasteiger partial charge in [-0.3, -0.25) is 0 Å². The van der Waals surface area contributed by atoms with Crippen LogP contribution in [0.1, 0.15) is 40.0 Å². The molecule has 0 aromatic carbocycles. The average molecular weight is 140 g/mol. The van der Waals surface area contributed by atoms with Gasteiger partial charge in [0.2, 0.25) is 0 Å². The second-order valence-corrected chi connectivity index (χ2v) is 3.26. The monoisotopic (exact) mass is 140 g/mol. The maximum absolute atomic E-state index is 8.96. The van der Waals surface area contributed by atoms with Crippen molar-refractivity contribution in [3.05, 3.63) is 0 Å². The van der Waals surface area contributed by atoms with E-state index < -0.39 is 0 Å². The van der Waals surface area contributed by atoms with Gasteiger partial charge in [0.25, 0.3) is 0 Å². The van der Waals surface area contributed by atoms with E-state index in [-0.39, 0.29) is 5.41 Å². The number of hydrogen-bond acceptors (Lipinski definition) is 1. The fraction of sp³-hybridized carbons (Fsp3) is 0.875. The van der Waals surface area contributed by atoms with Crippen molar-refractivity contribution in [3.8, 4) is 0 Å². The van der Waals surface area contributed by atoms with Gasteiger partial charge in [-0.05, 0) is 0 Å². The first kappa shape index (κ1) is 9.73. The van der Waals surface area contributed by atoms with Crippen LogP contribution in [0.25, 0.3) is 0 Å². The van der Waals surface area contributed by atoms with Crippen molar-refractivity contribution in [2.24, 2.45) is 5.41 Å². The van der Waals surface area contributed by atoms with Gasteiger partial charge in [0.05, 0.1) is 0 Å². The van der Waals surface area contributed by atoms with E-state index in [1.165, 1.54) is 0 Å². The van der Waals surface area contributed by atoms with Crippen LogP contribution in [0.5, 0.6) is 0 Å². The molecule has 10 heavy (non-hydrogen) atoms. The molecule has 0 unspecified atom stereocenters. The first-order chi connectivity index (χ1) is 4.54. The topological polar surface area (TPSA) is 20.2 Å². The fourth-order valence-electron chi connectivity index (χ4n) is 0.993. The first-order valence-electron chi connectivity index (χ1n) is 3.91. The van der Waals surface area contributed by atoms with Gasteiger partial charge in [0, 0.05) is 0 Å². The third-order valence-corrected chi connectivity index (χ3v) is 2.34. The zero-order valence-corrected chi connectivity index (χ0v) is 7.28. The number of hydrogen-bond donors (Lipinski definition) is 1. The van der Waals surface area contributed by atoms with Crippen LogP contribution >= 0.6 is 0 Å². The average Bonchev–Trinajstić information content (AvgIpc) is 1.87. The van der Waals surface area contributed by atoms with E-state index in [2.05, 4.69) is 28.3 Å². The van der Waals surface area contributed by atoms with Crippen molar-refractivity contribution in [2.45, 2.75) is 40.0 Å². The van der Waals surface area contributed by atoms with Crippen LogP contribution in [0.3, 0.4) is 0 Å². The van der Waals surface area contributed by atoms with Crippen LogP contribution in [0.4, 0.5) is 0 Å². The molecule has 0 heterocycles. The van der Waals surface area contributed by atoms with Gasteiger partial charge in [-0.15, -0.1) is 0 Å². The van der Waals surface area contributed by atoms with E-state index in [1.807, 2.05) is 0 Å². The molecule has 0 saturated heterocycles. The molecule has 0 aliphatic carbocycles. The van der Waals surface area contributed by atoms with E-state index >= 15 is 0 Å². The van der Waals surface area contributed by atoms with Crippen molar-refractivity contribution < 1.29 is 5.11 Å². The molecule has 2 heteroatoms. The van der Waals surface area contributed by atoms with Crippen LogP contribution < -0.4 is 0 Å². The van der Waals surface area contributed by atoms with Crippen molar-refractivity contribution in [1.82, 2.24) is 0 Å². The zero-order chi connectivity index (χ0) is 8.20. The molecule has 0 saturated carbocycles. The Hall–Kier alpha value is -0.265. The van der Waals surface area contributed by atoms with Gasteiger partial charge in [-0.1, -0.05) is 0 Å². The molecule has 0 spiro atoms. The van der Waals surface area contributed by atoms with E-state index in [0.29, 0.717) is 5.65 Å². The molecule has 0 aromatic rings. The molecule has 1 nitrogen and oxygen atoms in total. The van der Waals surface area contributed by atoms with Crippen LogP contribution in [-0.4, -0.2) is 18.2 Å². The van der Waals surface area contributed by atoms with Crippen LogP contribution in [-0.2, 0) is 0 Å². The Morgan fingerprint density at radius 3 is 1.90 bits per heavy atom. The van der Waals surface area contributed by atoms with Crippen LogP contribution in [0, 0.1) is 5.41 Å². The van der Waals surface area contributed by atoms with E-state index in [4.69, 9.17) is 5.11 Å². The van der Waals surface area contributed by atoms with Crippen molar-refractivity contribution in [1.29, 1.82) is 0 Å². The van der Waals surface area contributed by atoms with Crippen LogP contribution in [0.2, 0.25) is 0 Å². The normalized spacial score (nSPS) is 11.4. The van der Waals surface area contributed by atoms with E-state index in [1.54, 1.807) is 0 Å². The number of aliphatic hydroxyl groups is 1. The summed E-state index contributed by atoms with van der Waals surface area (Å²) >= 11 is 0. The predicted molar refractivity (Wildman–Crippen MR) is 47.4 cm³/mol. The summed E-state index contributed by atoms with van der Waals surface area (Å²) in [6, 6.07) is 0. The second-order valence-electron chi connectivity index (χ2n) is 3.26. The summed E-state index contributed by atoms with van der Waals surface area (Å²) in [6.45, 7) is 6.47. The summed E-state index contributed by atoms with van der Waals surface area (Å²) in [7, 11) is 3.49. The predicted octanol–water partition coefficient (Wildman–Crippen LogP) is 1.61. The minimum absolute atomic E-state index is 0.256. The van der Waals surface area contributed by atoms with Gasteiger partial charge in [0.1, 0.15) is 0 Å². The fourth-order valence-corrected chi connectivity index (χ4v) is 0.993. The van der Waals surface area contributed by atoms with Gasteiger partial charge in [-0.25, -0.2) is 0 Å². The van der Waals surface area contributed by atoms with Crippen molar-refractivity contribution in [2.75, 3.05) is 0 Å². The van der Waals surface area contributed by atoms with Gasteiger partial charge in [0.15, 0.2) is 0 Å². The molecular formula is C8H17BO. The van der Waals surface area contributed by atoms with Crippen molar-refractivity contribution >= 4 is 13.1 Å². The Labute approximate surface area is 64.5 Å². The SMILES string of the molecule is B=C(O)CC(C)(CC)CC. The maximum atomic E-state index is 8.96. The molecule has 0 aliphatic heterocycles. The molecule has 1 N–H and O–H groups in total. The Morgan fingerprint density at radius 1 is 1.40 bits per heavy atom. The molecule has 0 bridgehead atoms. The Morgan fingerprint density at radius 2 is 1.80 bits per heavy atom. The van der Waals surface area contributed by atoms with Gasteiger partial charge >= 0.3 is 63.7 Å². The Bertz CT molecular complexity index is 116. The van der Waals surface area contributed by atoms with Gasteiger partial charge < -0.3 is 0 Å². The molecule has 0 amide bonds. The zero-order valence-electron chi connectivity index (χ0n) is 7.28. The summed E-state index contributed by atoms with van der Waals surface area (Å²) in [4.78, 5) is 0. The molecule has 0 rings (SSSR count). The first-order valence-corrected chi connectivity index (χ1v) is 3.91. The molecule has 0 aliphatic rings. The molecular weight excluding hydrogens is 123 g/mol.